The van der Waals surface area contributed by atoms with E-state index in [2.05, 4.69) is 0 Å². The third-order valence-corrected chi connectivity index (χ3v) is 5.05. The molecular formula is C10H15ClO4S. The molecule has 6 heteroatoms. The van der Waals surface area contributed by atoms with E-state index in [9.17, 15) is 13.2 Å². The van der Waals surface area contributed by atoms with Gasteiger partial charge in [0.2, 0.25) is 0 Å². The molecule has 0 aromatic carbocycles. The zero-order valence-electron chi connectivity index (χ0n) is 9.02. The molecule has 1 fully saturated rings. The molecule has 1 heterocycles. The van der Waals surface area contributed by atoms with Crippen molar-refractivity contribution in [1.82, 2.24) is 0 Å². The minimum absolute atomic E-state index is 0.0144. The Morgan fingerprint density at radius 1 is 1.62 bits per heavy atom. The lowest BCUT2D eigenvalue weighted by Crippen LogP contribution is -2.25. The Balaban J connectivity index is 2.76. The van der Waals surface area contributed by atoms with Crippen LogP contribution in [-0.4, -0.2) is 31.0 Å². The van der Waals surface area contributed by atoms with E-state index in [4.69, 9.17) is 16.7 Å². The van der Waals surface area contributed by atoms with Crippen LogP contribution in [0.1, 0.15) is 19.8 Å². The van der Waals surface area contributed by atoms with Gasteiger partial charge in [-0.05, 0) is 25.7 Å². The molecule has 0 radical (unpaired) electrons. The minimum Gasteiger partial charge on any atom is -0.481 e. The van der Waals surface area contributed by atoms with E-state index in [1.165, 1.54) is 5.54 Å². The summed E-state index contributed by atoms with van der Waals surface area (Å²) in [6.07, 6.45) is 0.758. The molecule has 92 valence electrons. The van der Waals surface area contributed by atoms with Crippen molar-refractivity contribution < 1.29 is 18.3 Å². The lowest BCUT2D eigenvalue weighted by atomic mass is 9.87. The summed E-state index contributed by atoms with van der Waals surface area (Å²) >= 11 is 5.49. The highest BCUT2D eigenvalue weighted by Crippen LogP contribution is 2.30. The lowest BCUT2D eigenvalue weighted by Gasteiger charge is -2.18. The normalized spacial score (nSPS) is 26.6. The highest BCUT2D eigenvalue weighted by atomic mass is 35.5. The zero-order chi connectivity index (χ0) is 12.3. The molecule has 16 heavy (non-hydrogen) atoms. The van der Waals surface area contributed by atoms with Crippen molar-refractivity contribution >= 4 is 27.4 Å². The van der Waals surface area contributed by atoms with Crippen molar-refractivity contribution in [1.29, 1.82) is 0 Å². The number of aliphatic carboxylic acids is 1. The molecule has 0 aromatic rings. The molecule has 0 saturated carbocycles. The average molecular weight is 267 g/mol. The molecule has 0 aliphatic carbocycles. The highest BCUT2D eigenvalue weighted by Gasteiger charge is 2.37. The molecule has 4 nitrogen and oxygen atoms in total. The van der Waals surface area contributed by atoms with Gasteiger partial charge in [0.15, 0.2) is 9.84 Å². The summed E-state index contributed by atoms with van der Waals surface area (Å²) < 4.78 is 22.6. The second kappa shape index (κ2) is 5.19. The van der Waals surface area contributed by atoms with Gasteiger partial charge in [-0.3, -0.25) is 4.79 Å². The quantitative estimate of drug-likeness (QED) is 0.840. The summed E-state index contributed by atoms with van der Waals surface area (Å²) in [4.78, 5) is 11.1. The molecule has 1 N–H and O–H groups in total. The van der Waals surface area contributed by atoms with Gasteiger partial charge in [0.25, 0.3) is 0 Å². The predicted octanol–water partition coefficient (Wildman–Crippen LogP) is 1.65. The number of halogens is 1. The third-order valence-electron chi connectivity index (χ3n) is 2.88. The number of allylic oxidation sites excluding steroid dienone is 1. The monoisotopic (exact) mass is 266 g/mol. The Morgan fingerprint density at radius 3 is 2.62 bits per heavy atom. The molecular weight excluding hydrogens is 252 g/mol. The smallest absolute Gasteiger partial charge is 0.307 e. The number of hydrogen-bond donors (Lipinski definition) is 1. The van der Waals surface area contributed by atoms with Crippen LogP contribution in [0.25, 0.3) is 0 Å². The second-order valence-electron chi connectivity index (χ2n) is 4.27. The minimum atomic E-state index is -3.03. The maximum absolute atomic E-state index is 11.3. The maximum Gasteiger partial charge on any atom is 0.307 e. The number of carboxylic acids is 1. The standard InChI is InChI=1S/C10H15ClO4S/c1-7(5-11)4-9(10(12)13)8-2-3-16(14,15)6-8/h5,8-9H,2-4,6H2,1H3,(H,12,13). The fourth-order valence-electron chi connectivity index (χ4n) is 1.99. The number of hydrogen-bond acceptors (Lipinski definition) is 3. The summed E-state index contributed by atoms with van der Waals surface area (Å²) in [5.41, 5.74) is 2.11. The molecule has 1 rings (SSSR count). The molecule has 0 amide bonds. The van der Waals surface area contributed by atoms with Gasteiger partial charge in [0.05, 0.1) is 17.4 Å². The third kappa shape index (κ3) is 3.49. The van der Waals surface area contributed by atoms with E-state index in [1.807, 2.05) is 0 Å². The highest BCUT2D eigenvalue weighted by molar-refractivity contribution is 7.91. The number of sulfone groups is 1. The fourth-order valence-corrected chi connectivity index (χ4v) is 3.96. The first-order valence-corrected chi connectivity index (χ1v) is 7.30. The van der Waals surface area contributed by atoms with Crippen LogP contribution in [0.15, 0.2) is 11.1 Å². The van der Waals surface area contributed by atoms with Crippen molar-refractivity contribution in [2.24, 2.45) is 11.8 Å². The maximum atomic E-state index is 11.3. The Bertz CT molecular complexity index is 399. The number of carboxylic acid groups (broad SMARTS) is 1. The van der Waals surface area contributed by atoms with Gasteiger partial charge >= 0.3 is 5.97 Å². The van der Waals surface area contributed by atoms with Crippen LogP contribution in [-0.2, 0) is 14.6 Å². The molecule has 1 saturated heterocycles. The Hall–Kier alpha value is -0.550. The molecule has 1 aliphatic heterocycles. The fraction of sp³-hybridized carbons (Fsp3) is 0.700. The topological polar surface area (TPSA) is 71.4 Å². The number of rotatable bonds is 4. The largest absolute Gasteiger partial charge is 0.481 e. The molecule has 2 unspecified atom stereocenters. The van der Waals surface area contributed by atoms with Gasteiger partial charge < -0.3 is 5.11 Å². The van der Waals surface area contributed by atoms with Crippen molar-refractivity contribution in [3.8, 4) is 0 Å². The molecule has 0 spiro atoms. The van der Waals surface area contributed by atoms with Crippen LogP contribution in [0.5, 0.6) is 0 Å². The van der Waals surface area contributed by atoms with Crippen molar-refractivity contribution in [2.75, 3.05) is 11.5 Å². The van der Waals surface area contributed by atoms with Gasteiger partial charge in [0, 0.05) is 5.54 Å². The van der Waals surface area contributed by atoms with Crippen molar-refractivity contribution in [3.05, 3.63) is 11.1 Å². The van der Waals surface area contributed by atoms with E-state index in [0.717, 1.165) is 5.57 Å². The van der Waals surface area contributed by atoms with Crippen LogP contribution in [0.4, 0.5) is 0 Å². The lowest BCUT2D eigenvalue weighted by molar-refractivity contribution is -0.143. The van der Waals surface area contributed by atoms with Crippen LogP contribution in [0, 0.1) is 11.8 Å². The summed E-state index contributed by atoms with van der Waals surface area (Å²) in [5.74, 6) is -1.79. The van der Waals surface area contributed by atoms with Gasteiger partial charge in [-0.25, -0.2) is 8.42 Å². The first-order chi connectivity index (χ1) is 7.35. The molecule has 1 aliphatic rings. The predicted molar refractivity (Wildman–Crippen MR) is 62.1 cm³/mol. The van der Waals surface area contributed by atoms with Gasteiger partial charge in [0.1, 0.15) is 0 Å². The van der Waals surface area contributed by atoms with E-state index in [0.29, 0.717) is 12.8 Å². The van der Waals surface area contributed by atoms with Crippen molar-refractivity contribution in [3.63, 3.8) is 0 Å². The van der Waals surface area contributed by atoms with Crippen LogP contribution < -0.4 is 0 Å². The van der Waals surface area contributed by atoms with Crippen molar-refractivity contribution in [2.45, 2.75) is 19.8 Å². The molecule has 0 bridgehead atoms. The van der Waals surface area contributed by atoms with E-state index < -0.39 is 21.7 Å². The van der Waals surface area contributed by atoms with Gasteiger partial charge in [-0.1, -0.05) is 17.2 Å². The van der Waals surface area contributed by atoms with E-state index in [1.54, 1.807) is 6.92 Å². The second-order valence-corrected chi connectivity index (χ2v) is 6.71. The SMILES string of the molecule is CC(=CCl)CC(C(=O)O)C1CCS(=O)(=O)C1. The van der Waals surface area contributed by atoms with E-state index >= 15 is 0 Å². The van der Waals surface area contributed by atoms with Gasteiger partial charge in [-0.2, -0.15) is 0 Å². The van der Waals surface area contributed by atoms with Crippen LogP contribution in [0.2, 0.25) is 0 Å². The summed E-state index contributed by atoms with van der Waals surface area (Å²) in [6.45, 7) is 1.74. The Morgan fingerprint density at radius 2 is 2.25 bits per heavy atom. The van der Waals surface area contributed by atoms with Gasteiger partial charge in [-0.15, -0.1) is 0 Å². The van der Waals surface area contributed by atoms with E-state index in [-0.39, 0.29) is 17.4 Å². The Labute approximate surface area is 100 Å². The molecule has 2 atom stereocenters. The number of carbonyl (C=O) groups is 1. The zero-order valence-corrected chi connectivity index (χ0v) is 10.6. The average Bonchev–Trinajstić information content (AvgIpc) is 2.54. The first-order valence-electron chi connectivity index (χ1n) is 5.05. The summed E-state index contributed by atoms with van der Waals surface area (Å²) in [6, 6.07) is 0. The van der Waals surface area contributed by atoms with Crippen LogP contribution >= 0.6 is 11.6 Å². The first kappa shape index (κ1) is 13.5. The summed E-state index contributed by atoms with van der Waals surface area (Å²) in [5, 5.41) is 9.08. The van der Waals surface area contributed by atoms with Crippen LogP contribution in [0.3, 0.4) is 0 Å². The Kier molecular flexibility index (Phi) is 4.38. The summed E-state index contributed by atoms with van der Waals surface area (Å²) in [7, 11) is -3.03. The molecule has 0 aromatic heterocycles.